The Kier molecular flexibility index (Phi) is 4.21. The Labute approximate surface area is 113 Å². The van der Waals surface area contributed by atoms with Gasteiger partial charge in [0, 0.05) is 6.04 Å². The fourth-order valence-electron chi connectivity index (χ4n) is 2.31. The van der Waals surface area contributed by atoms with Crippen LogP contribution < -0.4 is 11.1 Å². The summed E-state index contributed by atoms with van der Waals surface area (Å²) in [6.07, 6.45) is 3.42. The molecule has 104 valence electrons. The maximum absolute atomic E-state index is 11.8. The molecule has 1 heterocycles. The number of nitrogens with one attached hydrogen (secondary N) is 1. The number of hydrogen-bond acceptors (Lipinski definition) is 4. The van der Waals surface area contributed by atoms with E-state index in [0.717, 1.165) is 18.5 Å². The van der Waals surface area contributed by atoms with Gasteiger partial charge >= 0.3 is 0 Å². The van der Waals surface area contributed by atoms with Crippen LogP contribution >= 0.6 is 0 Å². The largest absolute Gasteiger partial charge is 0.369 e. The van der Waals surface area contributed by atoms with E-state index < -0.39 is 21.5 Å². The van der Waals surface area contributed by atoms with Crippen molar-refractivity contribution in [3.8, 4) is 0 Å². The minimum absolute atomic E-state index is 0.144. The quantitative estimate of drug-likeness (QED) is 0.853. The maximum Gasteiger partial charge on any atom is 0.233 e. The molecule has 1 aromatic carbocycles. The van der Waals surface area contributed by atoms with Crippen LogP contribution in [-0.2, 0) is 14.6 Å². The Morgan fingerprint density at radius 2 is 1.95 bits per heavy atom. The van der Waals surface area contributed by atoms with Crippen molar-refractivity contribution in [3.63, 3.8) is 0 Å². The predicted molar refractivity (Wildman–Crippen MR) is 72.3 cm³/mol. The fourth-order valence-corrected chi connectivity index (χ4v) is 3.41. The maximum atomic E-state index is 11.8. The van der Waals surface area contributed by atoms with E-state index in [0.29, 0.717) is 6.04 Å². The summed E-state index contributed by atoms with van der Waals surface area (Å²) in [5.74, 6) is -1.48. The number of benzene rings is 1. The molecule has 0 aromatic heterocycles. The van der Waals surface area contributed by atoms with Crippen LogP contribution in [0.1, 0.15) is 30.9 Å². The normalized spacial score (nSPS) is 20.1. The fraction of sp³-hybridized carbons (Fsp3) is 0.462. The third-order valence-corrected chi connectivity index (χ3v) is 4.94. The molecule has 1 aliphatic rings. The number of hydrogen-bond donors (Lipinski definition) is 2. The van der Waals surface area contributed by atoms with E-state index in [1.807, 2.05) is 0 Å². The van der Waals surface area contributed by atoms with Gasteiger partial charge in [-0.3, -0.25) is 4.79 Å². The monoisotopic (exact) mass is 282 g/mol. The first kappa shape index (κ1) is 14.0. The van der Waals surface area contributed by atoms with Gasteiger partial charge in [0.15, 0.2) is 9.84 Å². The zero-order valence-corrected chi connectivity index (χ0v) is 11.4. The lowest BCUT2D eigenvalue weighted by molar-refractivity contribution is -0.115. The van der Waals surface area contributed by atoms with E-state index in [9.17, 15) is 13.2 Å². The molecule has 5 nitrogen and oxygen atoms in total. The first-order valence-corrected chi connectivity index (χ1v) is 7.99. The van der Waals surface area contributed by atoms with Crippen molar-refractivity contribution in [1.29, 1.82) is 0 Å². The van der Waals surface area contributed by atoms with Crippen LogP contribution in [0.4, 0.5) is 0 Å². The summed E-state index contributed by atoms with van der Waals surface area (Å²) in [6.45, 7) is 0.992. The lowest BCUT2D eigenvalue weighted by atomic mass is 9.98. The molecule has 1 atom stereocenters. The number of sulfone groups is 1. The molecule has 3 N–H and O–H groups in total. The van der Waals surface area contributed by atoms with E-state index in [1.165, 1.54) is 12.8 Å². The molecule has 1 fully saturated rings. The molecular formula is C13H18N2O3S. The number of amides is 1. The van der Waals surface area contributed by atoms with E-state index in [2.05, 4.69) is 5.32 Å². The number of primary amides is 1. The molecule has 19 heavy (non-hydrogen) atoms. The summed E-state index contributed by atoms with van der Waals surface area (Å²) in [4.78, 5) is 10.9. The Morgan fingerprint density at radius 3 is 2.47 bits per heavy atom. The van der Waals surface area contributed by atoms with Crippen LogP contribution in [0.3, 0.4) is 0 Å². The molecule has 0 spiro atoms. The molecule has 1 aliphatic heterocycles. The molecular weight excluding hydrogens is 264 g/mol. The van der Waals surface area contributed by atoms with Gasteiger partial charge in [0.1, 0.15) is 5.75 Å². The van der Waals surface area contributed by atoms with Gasteiger partial charge < -0.3 is 11.1 Å². The second-order valence-corrected chi connectivity index (χ2v) is 6.79. The number of piperidine rings is 1. The van der Waals surface area contributed by atoms with Crippen LogP contribution in [0.2, 0.25) is 0 Å². The van der Waals surface area contributed by atoms with Crippen LogP contribution in [0.25, 0.3) is 0 Å². The van der Waals surface area contributed by atoms with Gasteiger partial charge in [0.05, 0.1) is 4.90 Å². The van der Waals surface area contributed by atoms with E-state index in [-0.39, 0.29) is 4.90 Å². The second-order valence-electron chi connectivity index (χ2n) is 4.80. The molecule has 0 saturated carbocycles. The third-order valence-electron chi connectivity index (χ3n) is 3.28. The van der Waals surface area contributed by atoms with Crippen molar-refractivity contribution in [2.24, 2.45) is 5.73 Å². The Hall–Kier alpha value is -1.40. The van der Waals surface area contributed by atoms with Crippen LogP contribution in [-0.4, -0.2) is 26.6 Å². The third kappa shape index (κ3) is 3.54. The van der Waals surface area contributed by atoms with Crippen molar-refractivity contribution in [1.82, 2.24) is 5.32 Å². The van der Waals surface area contributed by atoms with Gasteiger partial charge in [-0.05, 0) is 37.1 Å². The molecule has 2 rings (SSSR count). The molecule has 1 aromatic rings. The average molecular weight is 282 g/mol. The Balaban J connectivity index is 2.16. The standard InChI is InChI=1S/C13H18N2O3S/c14-13(16)9-19(17,18)11-6-4-10(5-7-11)12-3-1-2-8-15-12/h4-7,12,15H,1-3,8-9H2,(H2,14,16). The Morgan fingerprint density at radius 1 is 1.26 bits per heavy atom. The van der Waals surface area contributed by atoms with Gasteiger partial charge in [0.2, 0.25) is 5.91 Å². The van der Waals surface area contributed by atoms with Gasteiger partial charge in [-0.15, -0.1) is 0 Å². The molecule has 0 radical (unpaired) electrons. The van der Waals surface area contributed by atoms with E-state index >= 15 is 0 Å². The highest BCUT2D eigenvalue weighted by molar-refractivity contribution is 7.92. The van der Waals surface area contributed by atoms with Crippen molar-refractivity contribution >= 4 is 15.7 Å². The topological polar surface area (TPSA) is 89.3 Å². The highest BCUT2D eigenvalue weighted by Crippen LogP contribution is 2.24. The summed E-state index contributed by atoms with van der Waals surface area (Å²) in [6, 6.07) is 6.99. The Bertz CT molecular complexity index is 546. The minimum Gasteiger partial charge on any atom is -0.369 e. The van der Waals surface area contributed by atoms with Crippen molar-refractivity contribution in [3.05, 3.63) is 29.8 Å². The van der Waals surface area contributed by atoms with Crippen molar-refractivity contribution < 1.29 is 13.2 Å². The molecule has 1 amide bonds. The van der Waals surface area contributed by atoms with Crippen LogP contribution in [0.5, 0.6) is 0 Å². The molecule has 0 bridgehead atoms. The summed E-state index contributed by atoms with van der Waals surface area (Å²) < 4.78 is 23.6. The number of rotatable bonds is 4. The van der Waals surface area contributed by atoms with Gasteiger partial charge in [0.25, 0.3) is 0 Å². The van der Waals surface area contributed by atoms with Crippen LogP contribution in [0.15, 0.2) is 29.2 Å². The highest BCUT2D eigenvalue weighted by atomic mass is 32.2. The first-order valence-electron chi connectivity index (χ1n) is 6.33. The van der Waals surface area contributed by atoms with Gasteiger partial charge in [-0.25, -0.2) is 8.42 Å². The summed E-state index contributed by atoms with van der Waals surface area (Å²) in [7, 11) is -3.60. The summed E-state index contributed by atoms with van der Waals surface area (Å²) >= 11 is 0. The highest BCUT2D eigenvalue weighted by Gasteiger charge is 2.19. The van der Waals surface area contributed by atoms with Crippen LogP contribution in [0, 0.1) is 0 Å². The molecule has 1 unspecified atom stereocenters. The summed E-state index contributed by atoms with van der Waals surface area (Å²) in [5.41, 5.74) is 6.02. The molecule has 1 saturated heterocycles. The predicted octanol–water partition coefficient (Wildman–Crippen LogP) is 0.760. The zero-order chi connectivity index (χ0) is 13.9. The van der Waals surface area contributed by atoms with Gasteiger partial charge in [-0.2, -0.15) is 0 Å². The number of carbonyl (C=O) groups is 1. The lowest BCUT2D eigenvalue weighted by Gasteiger charge is -2.23. The zero-order valence-electron chi connectivity index (χ0n) is 10.6. The van der Waals surface area contributed by atoms with Gasteiger partial charge in [-0.1, -0.05) is 18.6 Å². The second kappa shape index (κ2) is 5.71. The summed E-state index contributed by atoms with van der Waals surface area (Å²) in [5, 5.41) is 3.40. The SMILES string of the molecule is NC(=O)CS(=O)(=O)c1ccc(C2CCCCN2)cc1. The van der Waals surface area contributed by atoms with E-state index in [4.69, 9.17) is 5.73 Å². The first-order chi connectivity index (χ1) is 8.99. The van der Waals surface area contributed by atoms with E-state index in [1.54, 1.807) is 24.3 Å². The van der Waals surface area contributed by atoms with Crippen molar-refractivity contribution in [2.75, 3.05) is 12.3 Å². The number of carbonyl (C=O) groups excluding carboxylic acids is 1. The molecule has 0 aliphatic carbocycles. The van der Waals surface area contributed by atoms with Crippen molar-refractivity contribution in [2.45, 2.75) is 30.2 Å². The number of nitrogens with two attached hydrogens (primary N) is 1. The minimum atomic E-state index is -3.60. The lowest BCUT2D eigenvalue weighted by Crippen LogP contribution is -2.27. The average Bonchev–Trinajstić information content (AvgIpc) is 2.38. The molecule has 6 heteroatoms. The smallest absolute Gasteiger partial charge is 0.233 e.